The van der Waals surface area contributed by atoms with Crippen molar-refractivity contribution in [3.05, 3.63) is 58.1 Å². The molecule has 0 saturated heterocycles. The molecule has 1 saturated carbocycles. The summed E-state index contributed by atoms with van der Waals surface area (Å²) in [5, 5.41) is 22.4. The molecule has 1 fully saturated rings. The predicted octanol–water partition coefficient (Wildman–Crippen LogP) is 5.54. The number of sulfonamides is 1. The highest BCUT2D eigenvalue weighted by Gasteiger charge is 2.49. The van der Waals surface area contributed by atoms with Crippen LogP contribution < -0.4 is 14.4 Å². The lowest BCUT2D eigenvalue weighted by atomic mass is 9.62. The zero-order valence-electron chi connectivity index (χ0n) is 29.3. The van der Waals surface area contributed by atoms with Gasteiger partial charge in [0.2, 0.25) is 10.0 Å². The van der Waals surface area contributed by atoms with Crippen LogP contribution in [0.3, 0.4) is 0 Å². The quantitative estimate of drug-likeness (QED) is 0.357. The molecule has 49 heavy (non-hydrogen) atoms. The largest absolute Gasteiger partial charge is 0.490 e. The molecule has 0 unspecified atom stereocenters. The molecular formula is C38H54ClN3O6S. The van der Waals surface area contributed by atoms with Crippen LogP contribution in [0.25, 0.3) is 0 Å². The number of aliphatic hydroxyl groups is 2. The van der Waals surface area contributed by atoms with E-state index in [1.807, 2.05) is 13.0 Å². The summed E-state index contributed by atoms with van der Waals surface area (Å²) in [6.07, 6.45) is 7.54. The van der Waals surface area contributed by atoms with Crippen molar-refractivity contribution in [2.24, 2.45) is 17.8 Å². The number of rotatable bonds is 6. The van der Waals surface area contributed by atoms with Gasteiger partial charge < -0.3 is 19.8 Å². The number of amides is 1. The fourth-order valence-corrected chi connectivity index (χ4v) is 10.6. The Morgan fingerprint density at radius 1 is 1.08 bits per heavy atom. The molecule has 2 aliphatic heterocycles. The van der Waals surface area contributed by atoms with E-state index in [-0.39, 0.29) is 35.3 Å². The number of nitrogens with zero attached hydrogens (tertiary/aromatic N) is 2. The summed E-state index contributed by atoms with van der Waals surface area (Å²) in [7, 11) is -3.96. The van der Waals surface area contributed by atoms with Crippen LogP contribution in [-0.2, 0) is 21.9 Å². The molecule has 2 aliphatic carbocycles. The zero-order chi connectivity index (χ0) is 35.0. The summed E-state index contributed by atoms with van der Waals surface area (Å²) in [4.78, 5) is 18.1. The normalized spacial score (nSPS) is 31.6. The average molecular weight is 716 g/mol. The van der Waals surface area contributed by atoms with E-state index in [4.69, 9.17) is 16.3 Å². The molecular weight excluding hydrogens is 662 g/mol. The van der Waals surface area contributed by atoms with Gasteiger partial charge in [-0.25, -0.2) is 13.1 Å². The molecule has 6 rings (SSSR count). The van der Waals surface area contributed by atoms with Gasteiger partial charge in [0.05, 0.1) is 29.8 Å². The Kier molecular flexibility index (Phi) is 10.9. The SMILES string of the molecule is CCCN(CCO)C[C@]1(O)CCC[C@H](C)[C@@H](C)S(=O)(=O)NC(=O)c2ccc3c(c2)N(C[C@@H]2CC[C@H]21)C[C@@]1(CCCc2cc(Cl)ccc21)CO3. The van der Waals surface area contributed by atoms with E-state index in [9.17, 15) is 23.4 Å². The van der Waals surface area contributed by atoms with Gasteiger partial charge in [0.25, 0.3) is 5.91 Å². The van der Waals surface area contributed by atoms with E-state index in [1.54, 1.807) is 25.1 Å². The molecule has 4 aliphatic rings. The van der Waals surface area contributed by atoms with Crippen LogP contribution in [0, 0.1) is 17.8 Å². The summed E-state index contributed by atoms with van der Waals surface area (Å²) in [5.41, 5.74) is 2.25. The minimum atomic E-state index is -3.96. The van der Waals surface area contributed by atoms with E-state index in [2.05, 4.69) is 33.6 Å². The van der Waals surface area contributed by atoms with Crippen LogP contribution in [-0.4, -0.2) is 86.2 Å². The number of anilines is 1. The first-order valence-corrected chi connectivity index (χ1v) is 20.2. The second-order valence-corrected chi connectivity index (χ2v) is 17.9. The Hall–Kier alpha value is -2.37. The van der Waals surface area contributed by atoms with E-state index in [0.717, 1.165) is 55.8 Å². The number of hydrogen-bond acceptors (Lipinski definition) is 8. The molecule has 270 valence electrons. The maximum Gasteiger partial charge on any atom is 0.264 e. The van der Waals surface area contributed by atoms with Crippen molar-refractivity contribution in [3.8, 4) is 5.75 Å². The first-order chi connectivity index (χ1) is 23.4. The maximum absolute atomic E-state index is 13.5. The van der Waals surface area contributed by atoms with E-state index in [0.29, 0.717) is 57.8 Å². The van der Waals surface area contributed by atoms with Crippen molar-refractivity contribution in [2.45, 2.75) is 94.8 Å². The highest BCUT2D eigenvalue weighted by atomic mass is 35.5. The topological polar surface area (TPSA) is 119 Å². The average Bonchev–Trinajstić information content (AvgIpc) is 3.19. The van der Waals surface area contributed by atoms with Gasteiger partial charge in [0.15, 0.2) is 0 Å². The number of halogens is 1. The van der Waals surface area contributed by atoms with Crippen molar-refractivity contribution in [1.29, 1.82) is 0 Å². The third-order valence-corrected chi connectivity index (χ3v) is 14.3. The molecule has 11 heteroatoms. The third kappa shape index (κ3) is 7.50. The lowest BCUT2D eigenvalue weighted by molar-refractivity contribution is -0.106. The molecule has 2 aromatic carbocycles. The molecule has 1 amide bonds. The van der Waals surface area contributed by atoms with Crippen LogP contribution in [0.1, 0.15) is 93.6 Å². The Labute approximate surface area is 297 Å². The lowest BCUT2D eigenvalue weighted by Gasteiger charge is -2.51. The summed E-state index contributed by atoms with van der Waals surface area (Å²) < 4.78 is 35.9. The maximum atomic E-state index is 13.5. The first kappa shape index (κ1) is 36.4. The number of aryl methyl sites for hydroxylation is 1. The standard InChI is InChI=1S/C38H54ClN3O6S/c1-4-17-41(18-19-43)24-38(45)16-5-7-26(2)27(3)49(46,47)40-36(44)29-10-14-35-34(21-29)42(22-30-9-12-33(30)38)23-37(25-48-35)15-6-8-28-20-31(39)11-13-32(28)37/h10-11,13-14,20-21,26-27,30,33,43,45H,4-9,12,15-19,22-25H2,1-3H3,(H,40,44)/t26-,27+,30-,33+,37-,38+/m0/s1. The molecule has 3 N–H and O–H groups in total. The third-order valence-electron chi connectivity index (χ3n) is 12.1. The van der Waals surface area contributed by atoms with Crippen molar-refractivity contribution < 1.29 is 28.2 Å². The van der Waals surface area contributed by atoms with Crippen LogP contribution in [0.2, 0.25) is 5.02 Å². The highest BCUT2D eigenvalue weighted by Crippen LogP contribution is 2.49. The van der Waals surface area contributed by atoms with Gasteiger partial charge in [-0.15, -0.1) is 0 Å². The van der Waals surface area contributed by atoms with Crippen LogP contribution in [0.5, 0.6) is 5.75 Å². The van der Waals surface area contributed by atoms with Crippen molar-refractivity contribution in [3.63, 3.8) is 0 Å². The summed E-state index contributed by atoms with van der Waals surface area (Å²) in [5.74, 6) is 0.0672. The van der Waals surface area contributed by atoms with Crippen LogP contribution >= 0.6 is 11.6 Å². The van der Waals surface area contributed by atoms with Crippen molar-refractivity contribution in [1.82, 2.24) is 9.62 Å². The fourth-order valence-electron chi connectivity index (χ4n) is 9.08. The number of fused-ring (bicyclic) bond motifs is 4. The zero-order valence-corrected chi connectivity index (χ0v) is 30.9. The summed E-state index contributed by atoms with van der Waals surface area (Å²) >= 11 is 6.45. The second-order valence-electron chi connectivity index (χ2n) is 15.4. The van der Waals surface area contributed by atoms with Crippen molar-refractivity contribution >= 4 is 33.2 Å². The van der Waals surface area contributed by atoms with Gasteiger partial charge in [0.1, 0.15) is 5.75 Å². The molecule has 2 heterocycles. The molecule has 1 spiro atoms. The van der Waals surface area contributed by atoms with Gasteiger partial charge in [-0.05, 0) is 124 Å². The Morgan fingerprint density at radius 2 is 1.90 bits per heavy atom. The smallest absolute Gasteiger partial charge is 0.264 e. The number of nitrogens with one attached hydrogen (secondary N) is 1. The summed E-state index contributed by atoms with van der Waals surface area (Å²) in [6.45, 7) is 9.30. The molecule has 9 nitrogen and oxygen atoms in total. The second kappa shape index (κ2) is 14.7. The van der Waals surface area contributed by atoms with Crippen LogP contribution in [0.4, 0.5) is 5.69 Å². The molecule has 2 bridgehead atoms. The number of benzene rings is 2. The minimum Gasteiger partial charge on any atom is -0.490 e. The number of carbonyl (C=O) groups is 1. The molecule has 2 aromatic rings. The number of ether oxygens (including phenoxy) is 1. The Balaban J connectivity index is 1.42. The molecule has 6 atom stereocenters. The Morgan fingerprint density at radius 3 is 2.63 bits per heavy atom. The molecule has 0 aromatic heterocycles. The van der Waals surface area contributed by atoms with Gasteiger partial charge >= 0.3 is 0 Å². The highest BCUT2D eigenvalue weighted by molar-refractivity contribution is 7.90. The number of carbonyl (C=O) groups excluding carboxylic acids is 1. The predicted molar refractivity (Wildman–Crippen MR) is 194 cm³/mol. The lowest BCUT2D eigenvalue weighted by Crippen LogP contribution is -2.57. The van der Waals surface area contributed by atoms with Crippen LogP contribution in [0.15, 0.2) is 36.4 Å². The molecule has 0 radical (unpaired) electrons. The van der Waals surface area contributed by atoms with Gasteiger partial charge in [0, 0.05) is 42.2 Å². The number of hydrogen-bond donors (Lipinski definition) is 3. The van der Waals surface area contributed by atoms with Gasteiger partial charge in [-0.2, -0.15) is 0 Å². The van der Waals surface area contributed by atoms with Gasteiger partial charge in [-0.1, -0.05) is 37.9 Å². The minimum absolute atomic E-state index is 0.0317. The van der Waals surface area contributed by atoms with Gasteiger partial charge in [-0.3, -0.25) is 9.69 Å². The van der Waals surface area contributed by atoms with E-state index >= 15 is 0 Å². The monoisotopic (exact) mass is 715 g/mol. The first-order valence-electron chi connectivity index (χ1n) is 18.3. The van der Waals surface area contributed by atoms with E-state index < -0.39 is 26.8 Å². The number of aliphatic hydroxyl groups excluding tert-OH is 1. The fraction of sp³-hybridized carbons (Fsp3) is 0.658. The van der Waals surface area contributed by atoms with Crippen molar-refractivity contribution in [2.75, 3.05) is 50.8 Å². The summed E-state index contributed by atoms with van der Waals surface area (Å²) in [6, 6.07) is 11.4. The van der Waals surface area contributed by atoms with E-state index in [1.165, 1.54) is 11.1 Å². The Bertz CT molecular complexity index is 1620.